The van der Waals surface area contributed by atoms with Crippen molar-refractivity contribution < 1.29 is 41.8 Å². The van der Waals surface area contributed by atoms with Crippen LogP contribution in [0.2, 0.25) is 0 Å². The first-order valence-electron chi connectivity index (χ1n) is 20.7. The van der Waals surface area contributed by atoms with Gasteiger partial charge in [0.15, 0.2) is 0 Å². The molecule has 2 saturated carbocycles. The molecule has 4 aliphatic rings. The van der Waals surface area contributed by atoms with Crippen LogP contribution >= 0.6 is 0 Å². The van der Waals surface area contributed by atoms with E-state index in [-0.39, 0.29) is 31.1 Å². The number of amides is 2. The molecule has 0 spiro atoms. The smallest absolute Gasteiger partial charge is 0.416 e. The largest absolute Gasteiger partial charge is 0.460 e. The van der Waals surface area contributed by atoms with Crippen LogP contribution in [0.4, 0.5) is 18.0 Å². The minimum atomic E-state index is -4.36. The number of fused-ring (bicyclic) bond motifs is 1. The highest BCUT2D eigenvalue weighted by atomic mass is 19.4. The molecule has 0 radical (unpaired) electrons. The van der Waals surface area contributed by atoms with Gasteiger partial charge in [-0.15, -0.1) is 6.58 Å². The number of alkyl halides is 3. The second kappa shape index (κ2) is 19.2. The Hall–Kier alpha value is -3.90. The van der Waals surface area contributed by atoms with Crippen LogP contribution in [-0.4, -0.2) is 66.4 Å². The van der Waals surface area contributed by atoms with E-state index in [9.17, 15) is 27.6 Å². The van der Waals surface area contributed by atoms with Crippen LogP contribution in [0.15, 0.2) is 61.2 Å². The van der Waals surface area contributed by atoms with Crippen molar-refractivity contribution in [1.82, 2.24) is 15.5 Å². The molecule has 0 bridgehead atoms. The summed E-state index contributed by atoms with van der Waals surface area (Å²) in [4.78, 5) is 40.3. The van der Waals surface area contributed by atoms with Crippen molar-refractivity contribution in [2.75, 3.05) is 19.8 Å². The molecule has 314 valence electrons. The van der Waals surface area contributed by atoms with Gasteiger partial charge in [0, 0.05) is 44.4 Å². The first-order chi connectivity index (χ1) is 27.0. The van der Waals surface area contributed by atoms with Gasteiger partial charge >= 0.3 is 18.2 Å². The van der Waals surface area contributed by atoms with Gasteiger partial charge in [0.25, 0.3) is 0 Å². The number of carbonyl (C=O) groups is 3. The molecule has 0 unspecified atom stereocenters. The van der Waals surface area contributed by atoms with Gasteiger partial charge < -0.3 is 29.7 Å². The third kappa shape index (κ3) is 12.1. The third-order valence-electron chi connectivity index (χ3n) is 11.8. The second-order valence-corrected chi connectivity index (χ2v) is 17.4. The third-order valence-corrected chi connectivity index (χ3v) is 11.8. The molecule has 3 fully saturated rings. The molecule has 2 aromatic rings. The molecule has 12 heteroatoms. The Morgan fingerprint density at radius 3 is 2.28 bits per heavy atom. The summed E-state index contributed by atoms with van der Waals surface area (Å²) in [6, 6.07) is 14.2. The van der Waals surface area contributed by atoms with Gasteiger partial charge in [-0.1, -0.05) is 55.8 Å². The number of alkyl carbamates (subject to hydrolysis) is 1. The van der Waals surface area contributed by atoms with Crippen LogP contribution in [-0.2, 0) is 49.5 Å². The van der Waals surface area contributed by atoms with Gasteiger partial charge in [0.05, 0.1) is 16.4 Å². The van der Waals surface area contributed by atoms with Crippen LogP contribution in [0.25, 0.3) is 0 Å². The maximum atomic E-state index is 13.7. The molecule has 1 saturated heterocycles. The summed E-state index contributed by atoms with van der Waals surface area (Å²) in [5.74, 6) is -0.0940. The van der Waals surface area contributed by atoms with Gasteiger partial charge in [-0.25, -0.2) is 4.79 Å². The predicted octanol–water partition coefficient (Wildman–Crippen LogP) is 9.07. The molecule has 2 amide bonds. The van der Waals surface area contributed by atoms with Gasteiger partial charge in [-0.3, -0.25) is 9.59 Å². The van der Waals surface area contributed by atoms with Crippen LogP contribution < -0.4 is 10.6 Å². The van der Waals surface area contributed by atoms with E-state index < -0.39 is 34.3 Å². The van der Waals surface area contributed by atoms with Crippen molar-refractivity contribution in [1.29, 1.82) is 0 Å². The number of halogens is 3. The normalized spacial score (nSPS) is 25.1. The molecule has 2 aliphatic heterocycles. The highest BCUT2D eigenvalue weighted by molar-refractivity contribution is 5.83. The van der Waals surface area contributed by atoms with Crippen molar-refractivity contribution in [3.8, 4) is 0 Å². The topological polar surface area (TPSA) is 106 Å². The Balaban J connectivity index is 0.000000221. The standard InChI is InChI=1S/C24H33F3N2O2.C21H29NO4/c1-2-9-23(10-5-21(15-23)28-20-7-12-31-13-8-20)22(30)29-11-6-17-3-4-19(24(25,26)27)14-18(17)16-29;1-5-12-21(18(23)25-15-16-9-7-6-8-10-16)13-11-17(14-21)22-19(24)26-20(2,3)4/h3-4,14,20-21,28H,2,5-13,15-16H2,1H3;5-10,17H,1,11-15H2,2-4H3,(H,22,24)/t21-,23+;17-,21+/m11/s1. The fourth-order valence-corrected chi connectivity index (χ4v) is 9.05. The highest BCUT2D eigenvalue weighted by Gasteiger charge is 2.48. The Kier molecular flexibility index (Phi) is 14.9. The van der Waals surface area contributed by atoms with Crippen molar-refractivity contribution in [2.45, 2.75) is 148 Å². The van der Waals surface area contributed by atoms with Gasteiger partial charge in [0.1, 0.15) is 12.2 Å². The number of allylic oxidation sites excluding steroid dienone is 1. The lowest BCUT2D eigenvalue weighted by Crippen LogP contribution is -2.46. The lowest BCUT2D eigenvalue weighted by Gasteiger charge is -2.38. The summed E-state index contributed by atoms with van der Waals surface area (Å²) in [5, 5.41) is 6.63. The van der Waals surface area contributed by atoms with E-state index in [4.69, 9.17) is 14.2 Å². The molecule has 2 aliphatic carbocycles. The fraction of sp³-hybridized carbons (Fsp3) is 0.622. The maximum Gasteiger partial charge on any atom is 0.416 e. The summed E-state index contributed by atoms with van der Waals surface area (Å²) in [6.45, 7) is 14.1. The maximum absolute atomic E-state index is 13.7. The number of rotatable bonds is 11. The van der Waals surface area contributed by atoms with Gasteiger partial charge in [-0.05, 0) is 120 Å². The highest BCUT2D eigenvalue weighted by Crippen LogP contribution is 2.45. The van der Waals surface area contributed by atoms with E-state index in [1.54, 1.807) is 12.1 Å². The van der Waals surface area contributed by atoms with E-state index in [1.807, 2.05) is 56.0 Å². The molecular formula is C45H62F3N3O6. The zero-order chi connectivity index (χ0) is 41.3. The van der Waals surface area contributed by atoms with E-state index in [0.29, 0.717) is 56.3 Å². The molecule has 2 heterocycles. The molecule has 9 nitrogen and oxygen atoms in total. The van der Waals surface area contributed by atoms with Crippen molar-refractivity contribution >= 4 is 18.0 Å². The van der Waals surface area contributed by atoms with E-state index in [2.05, 4.69) is 24.1 Å². The SMILES string of the molecule is C=CC[C@]1(C(=O)OCc2ccccc2)CC[C@@H](NC(=O)OC(C)(C)C)C1.CCC[C@]1(C(=O)N2CCc3ccc(C(F)(F)F)cc3C2)CC[C@@H](NC2CCOCC2)C1. The molecule has 4 atom stereocenters. The van der Waals surface area contributed by atoms with Crippen LogP contribution in [0.3, 0.4) is 0 Å². The summed E-state index contributed by atoms with van der Waals surface area (Å²) in [7, 11) is 0. The summed E-state index contributed by atoms with van der Waals surface area (Å²) < 4.78 is 55.8. The molecule has 2 N–H and O–H groups in total. The van der Waals surface area contributed by atoms with Crippen molar-refractivity contribution in [2.24, 2.45) is 10.8 Å². The number of nitrogens with zero attached hydrogens (tertiary/aromatic N) is 1. The zero-order valence-corrected chi connectivity index (χ0v) is 34.2. The van der Waals surface area contributed by atoms with Crippen molar-refractivity contribution in [3.63, 3.8) is 0 Å². The fourth-order valence-electron chi connectivity index (χ4n) is 9.05. The molecule has 57 heavy (non-hydrogen) atoms. The predicted molar refractivity (Wildman–Crippen MR) is 213 cm³/mol. The average molecular weight is 798 g/mol. The van der Waals surface area contributed by atoms with Crippen LogP contribution in [0.5, 0.6) is 0 Å². The summed E-state index contributed by atoms with van der Waals surface area (Å²) in [6.07, 6.45) is 6.44. The Labute approximate surface area is 336 Å². The number of nitrogens with one attached hydrogen (secondary N) is 2. The van der Waals surface area contributed by atoms with E-state index in [1.165, 1.54) is 6.07 Å². The Bertz CT molecular complexity index is 1670. The number of benzene rings is 2. The van der Waals surface area contributed by atoms with Gasteiger partial charge in [0.2, 0.25) is 5.91 Å². The quantitative estimate of drug-likeness (QED) is 0.173. The number of hydrogen-bond acceptors (Lipinski definition) is 7. The zero-order valence-electron chi connectivity index (χ0n) is 34.2. The second-order valence-electron chi connectivity index (χ2n) is 17.4. The number of ether oxygens (including phenoxy) is 3. The minimum absolute atomic E-state index is 0.103. The van der Waals surface area contributed by atoms with Gasteiger partial charge in [-0.2, -0.15) is 13.2 Å². The first-order valence-corrected chi connectivity index (χ1v) is 20.7. The molecular weight excluding hydrogens is 736 g/mol. The lowest BCUT2D eigenvalue weighted by atomic mass is 9.79. The van der Waals surface area contributed by atoms with E-state index >= 15 is 0 Å². The summed E-state index contributed by atoms with van der Waals surface area (Å²) >= 11 is 0. The van der Waals surface area contributed by atoms with Crippen LogP contribution in [0.1, 0.15) is 121 Å². The minimum Gasteiger partial charge on any atom is -0.460 e. The Morgan fingerprint density at radius 1 is 0.930 bits per heavy atom. The molecule has 0 aromatic heterocycles. The molecule has 6 rings (SSSR count). The number of esters is 1. The first kappa shape index (κ1) is 44.2. The molecule has 2 aromatic carbocycles. The lowest BCUT2D eigenvalue weighted by molar-refractivity contribution is -0.157. The number of hydrogen-bond donors (Lipinski definition) is 2. The van der Waals surface area contributed by atoms with Crippen LogP contribution in [0, 0.1) is 10.8 Å². The average Bonchev–Trinajstić information content (AvgIpc) is 3.78. The summed E-state index contributed by atoms with van der Waals surface area (Å²) in [5.41, 5.74) is 0.312. The monoisotopic (exact) mass is 797 g/mol. The van der Waals surface area contributed by atoms with E-state index in [0.717, 1.165) is 75.4 Å². The number of carbonyl (C=O) groups excluding carboxylic acids is 3. The van der Waals surface area contributed by atoms with Crippen molar-refractivity contribution in [3.05, 3.63) is 83.4 Å². The Morgan fingerprint density at radius 2 is 1.61 bits per heavy atom.